The minimum atomic E-state index is -0.344. The number of hydrogen-bond donors (Lipinski definition) is 1. The Bertz CT molecular complexity index is 482. The zero-order chi connectivity index (χ0) is 13.0. The van der Waals surface area contributed by atoms with Gasteiger partial charge in [0.05, 0.1) is 0 Å². The van der Waals surface area contributed by atoms with Gasteiger partial charge in [-0.2, -0.15) is 0 Å². The van der Waals surface area contributed by atoms with E-state index in [0.717, 1.165) is 18.4 Å². The van der Waals surface area contributed by atoms with E-state index in [1.165, 1.54) is 4.90 Å². The number of unbranched alkanes of at least 4 members (excludes halogenated alkanes) is 1. The molecule has 3 amide bonds. The number of pyridine rings is 1. The van der Waals surface area contributed by atoms with Gasteiger partial charge < -0.3 is 5.32 Å². The average molecular weight is 245 g/mol. The van der Waals surface area contributed by atoms with Crippen LogP contribution in [0.5, 0.6) is 0 Å². The predicted octanol–water partition coefficient (Wildman–Crippen LogP) is 1.77. The van der Waals surface area contributed by atoms with E-state index in [0.29, 0.717) is 12.2 Å². The topological polar surface area (TPSA) is 62.3 Å². The molecule has 1 fully saturated rings. The monoisotopic (exact) mass is 245 g/mol. The van der Waals surface area contributed by atoms with Gasteiger partial charge in [0.15, 0.2) is 0 Å². The molecule has 0 atom stereocenters. The third-order valence-corrected chi connectivity index (χ3v) is 2.69. The van der Waals surface area contributed by atoms with Gasteiger partial charge in [0.25, 0.3) is 5.91 Å². The van der Waals surface area contributed by atoms with Crippen molar-refractivity contribution in [3.05, 3.63) is 35.8 Å². The number of imide groups is 1. The van der Waals surface area contributed by atoms with Crippen molar-refractivity contribution >= 4 is 18.0 Å². The highest BCUT2D eigenvalue weighted by atomic mass is 16.2. The minimum Gasteiger partial charge on any atom is -0.303 e. The number of amides is 3. The van der Waals surface area contributed by atoms with Crippen LogP contribution in [0.2, 0.25) is 0 Å². The highest BCUT2D eigenvalue weighted by Crippen LogP contribution is 2.13. The summed E-state index contributed by atoms with van der Waals surface area (Å²) in [5.74, 6) is -0.266. The highest BCUT2D eigenvalue weighted by Gasteiger charge is 2.32. The summed E-state index contributed by atoms with van der Waals surface area (Å²) in [5, 5.41) is 2.58. The Morgan fingerprint density at radius 2 is 2.28 bits per heavy atom. The van der Waals surface area contributed by atoms with Crippen LogP contribution < -0.4 is 5.32 Å². The van der Waals surface area contributed by atoms with Crippen LogP contribution in [0.15, 0.2) is 30.2 Å². The fourth-order valence-corrected chi connectivity index (χ4v) is 1.72. The Kier molecular flexibility index (Phi) is 3.72. The molecule has 1 N–H and O–H groups in total. The summed E-state index contributed by atoms with van der Waals surface area (Å²) in [7, 11) is 0. The first-order valence-corrected chi connectivity index (χ1v) is 5.97. The van der Waals surface area contributed by atoms with Crippen molar-refractivity contribution in [2.24, 2.45) is 0 Å². The molecule has 18 heavy (non-hydrogen) atoms. The van der Waals surface area contributed by atoms with Crippen LogP contribution in [0.25, 0.3) is 6.08 Å². The van der Waals surface area contributed by atoms with Gasteiger partial charge in [0.2, 0.25) is 0 Å². The molecule has 0 spiro atoms. The van der Waals surface area contributed by atoms with E-state index >= 15 is 0 Å². The van der Waals surface area contributed by atoms with Gasteiger partial charge in [-0.15, -0.1) is 0 Å². The molecule has 0 aliphatic carbocycles. The number of nitrogens with zero attached hydrogens (tertiary/aromatic N) is 2. The summed E-state index contributed by atoms with van der Waals surface area (Å²) in [4.78, 5) is 28.8. The van der Waals surface area contributed by atoms with Crippen molar-refractivity contribution in [3.63, 3.8) is 0 Å². The lowest BCUT2D eigenvalue weighted by atomic mass is 10.2. The number of urea groups is 1. The van der Waals surface area contributed by atoms with Crippen LogP contribution in [0.3, 0.4) is 0 Å². The molecular weight excluding hydrogens is 230 g/mol. The van der Waals surface area contributed by atoms with Crippen LogP contribution in [0.1, 0.15) is 25.3 Å². The summed E-state index contributed by atoms with van der Waals surface area (Å²) in [6.45, 7) is 2.48. The van der Waals surface area contributed by atoms with E-state index in [-0.39, 0.29) is 11.9 Å². The molecule has 1 aromatic heterocycles. The minimum absolute atomic E-state index is 0.266. The molecule has 5 heteroatoms. The first kappa shape index (κ1) is 12.3. The zero-order valence-corrected chi connectivity index (χ0v) is 10.2. The van der Waals surface area contributed by atoms with E-state index in [1.807, 2.05) is 13.0 Å². The van der Waals surface area contributed by atoms with Crippen molar-refractivity contribution < 1.29 is 9.59 Å². The van der Waals surface area contributed by atoms with Crippen molar-refractivity contribution in [1.29, 1.82) is 0 Å². The Morgan fingerprint density at radius 1 is 1.44 bits per heavy atom. The van der Waals surface area contributed by atoms with Crippen LogP contribution >= 0.6 is 0 Å². The Morgan fingerprint density at radius 3 is 2.94 bits per heavy atom. The number of aromatic nitrogens is 1. The second-order valence-electron chi connectivity index (χ2n) is 4.08. The molecular formula is C13H15N3O2. The first-order valence-electron chi connectivity index (χ1n) is 5.97. The number of nitrogens with one attached hydrogen (secondary N) is 1. The van der Waals surface area contributed by atoms with E-state index < -0.39 is 0 Å². The molecule has 1 aliphatic heterocycles. The highest BCUT2D eigenvalue weighted by molar-refractivity contribution is 6.13. The van der Waals surface area contributed by atoms with E-state index in [4.69, 9.17) is 0 Å². The van der Waals surface area contributed by atoms with Gasteiger partial charge in [-0.1, -0.05) is 19.4 Å². The Labute approximate surface area is 106 Å². The molecule has 1 aliphatic rings. The van der Waals surface area contributed by atoms with Gasteiger partial charge in [0, 0.05) is 18.9 Å². The number of rotatable bonds is 4. The van der Waals surface area contributed by atoms with Crippen LogP contribution in [-0.2, 0) is 4.79 Å². The average Bonchev–Trinajstić information content (AvgIpc) is 2.64. The zero-order valence-electron chi connectivity index (χ0n) is 10.2. The third-order valence-electron chi connectivity index (χ3n) is 2.69. The second-order valence-corrected chi connectivity index (χ2v) is 4.08. The molecule has 0 unspecified atom stereocenters. The van der Waals surface area contributed by atoms with E-state index in [1.54, 1.807) is 24.5 Å². The Hall–Kier alpha value is -2.17. The van der Waals surface area contributed by atoms with Crippen molar-refractivity contribution in [2.45, 2.75) is 19.8 Å². The van der Waals surface area contributed by atoms with Gasteiger partial charge in [-0.25, -0.2) is 4.79 Å². The molecule has 0 aromatic carbocycles. The molecule has 0 saturated carbocycles. The second kappa shape index (κ2) is 5.44. The fraction of sp³-hybridized carbons (Fsp3) is 0.308. The normalized spacial score (nSPS) is 17.4. The predicted molar refractivity (Wildman–Crippen MR) is 67.4 cm³/mol. The smallest absolute Gasteiger partial charge is 0.303 e. The largest absolute Gasteiger partial charge is 0.329 e. The molecule has 0 bridgehead atoms. The maximum absolute atomic E-state index is 12.0. The summed E-state index contributed by atoms with van der Waals surface area (Å²) >= 11 is 0. The summed E-state index contributed by atoms with van der Waals surface area (Å²) in [6.07, 6.45) is 6.70. The number of hydrogen-bond acceptors (Lipinski definition) is 3. The lowest BCUT2D eigenvalue weighted by molar-refractivity contribution is -0.122. The standard InChI is InChI=1S/C13H15N3O2/c1-2-3-7-16-12(17)11(15-13(16)18)8-10-5-4-6-14-9-10/h4-6,8-9H,2-3,7H2,1H3,(H,15,18)/b11-8+. The lowest BCUT2D eigenvalue weighted by Gasteiger charge is -2.09. The van der Waals surface area contributed by atoms with Crippen LogP contribution in [0, 0.1) is 0 Å². The van der Waals surface area contributed by atoms with Crippen LogP contribution in [0.4, 0.5) is 4.79 Å². The molecule has 2 rings (SSSR count). The number of carbonyl (C=O) groups excluding carboxylic acids is 2. The van der Waals surface area contributed by atoms with Crippen LogP contribution in [-0.4, -0.2) is 28.4 Å². The van der Waals surface area contributed by atoms with E-state index in [2.05, 4.69) is 10.3 Å². The summed E-state index contributed by atoms with van der Waals surface area (Å²) in [5.41, 5.74) is 1.10. The van der Waals surface area contributed by atoms with Gasteiger partial charge in [-0.3, -0.25) is 14.7 Å². The van der Waals surface area contributed by atoms with Crippen molar-refractivity contribution in [2.75, 3.05) is 6.54 Å². The molecule has 1 saturated heterocycles. The molecule has 2 heterocycles. The summed E-state index contributed by atoms with van der Waals surface area (Å²) in [6, 6.07) is 3.26. The van der Waals surface area contributed by atoms with Crippen molar-refractivity contribution in [1.82, 2.24) is 15.2 Å². The fourth-order valence-electron chi connectivity index (χ4n) is 1.72. The van der Waals surface area contributed by atoms with Crippen molar-refractivity contribution in [3.8, 4) is 0 Å². The SMILES string of the molecule is CCCCN1C(=O)N/C(=C/c2cccnc2)C1=O. The molecule has 1 aromatic rings. The lowest BCUT2D eigenvalue weighted by Crippen LogP contribution is -2.31. The number of carbonyl (C=O) groups is 2. The first-order chi connectivity index (χ1) is 8.72. The molecule has 5 nitrogen and oxygen atoms in total. The Balaban J connectivity index is 2.15. The van der Waals surface area contributed by atoms with Gasteiger partial charge >= 0.3 is 6.03 Å². The molecule has 94 valence electrons. The molecule has 0 radical (unpaired) electrons. The maximum atomic E-state index is 12.0. The third kappa shape index (κ3) is 2.56. The quantitative estimate of drug-likeness (QED) is 0.649. The van der Waals surface area contributed by atoms with Gasteiger partial charge in [-0.05, 0) is 24.1 Å². The maximum Gasteiger partial charge on any atom is 0.329 e. The van der Waals surface area contributed by atoms with Gasteiger partial charge in [0.1, 0.15) is 5.70 Å². The summed E-state index contributed by atoms with van der Waals surface area (Å²) < 4.78 is 0. The van der Waals surface area contributed by atoms with E-state index in [9.17, 15) is 9.59 Å².